The second-order valence-corrected chi connectivity index (χ2v) is 7.21. The van der Waals surface area contributed by atoms with Crippen LogP contribution >= 0.6 is 0 Å². The van der Waals surface area contributed by atoms with Crippen molar-refractivity contribution in [2.24, 2.45) is 0 Å². The van der Waals surface area contributed by atoms with Crippen LogP contribution in [0.3, 0.4) is 0 Å². The number of anilines is 2. The Morgan fingerprint density at radius 1 is 1.03 bits per heavy atom. The molecule has 0 bridgehead atoms. The molecule has 1 aliphatic rings. The van der Waals surface area contributed by atoms with Crippen LogP contribution in [0.25, 0.3) is 0 Å². The number of carbonyl (C=O) groups is 1. The van der Waals surface area contributed by atoms with Crippen molar-refractivity contribution >= 4 is 17.3 Å². The molecular weight excluding hydrogens is 367 g/mol. The molecule has 1 N–H and O–H groups in total. The first-order valence-corrected chi connectivity index (χ1v) is 9.73. The van der Waals surface area contributed by atoms with Crippen LogP contribution in [0.1, 0.15) is 24.9 Å². The van der Waals surface area contributed by atoms with Gasteiger partial charge < -0.3 is 15.0 Å². The predicted molar refractivity (Wildman–Crippen MR) is 113 cm³/mol. The number of halogens is 1. The molecule has 3 aromatic carbocycles. The third kappa shape index (κ3) is 4.24. The van der Waals surface area contributed by atoms with Crippen LogP contribution in [0.4, 0.5) is 15.8 Å². The Morgan fingerprint density at radius 3 is 2.48 bits per heavy atom. The minimum Gasteiger partial charge on any atom is -0.484 e. The lowest BCUT2D eigenvalue weighted by molar-refractivity contribution is -0.121. The first kappa shape index (κ1) is 19.0. The molecule has 0 radical (unpaired) electrons. The van der Waals surface area contributed by atoms with Crippen LogP contribution in [-0.2, 0) is 4.79 Å². The van der Waals surface area contributed by atoms with E-state index in [1.54, 1.807) is 0 Å². The number of para-hydroxylation sites is 2. The van der Waals surface area contributed by atoms with Gasteiger partial charge in [0.1, 0.15) is 11.6 Å². The maximum absolute atomic E-state index is 13.0. The summed E-state index contributed by atoms with van der Waals surface area (Å²) in [6, 6.07) is 23.9. The molecule has 0 spiro atoms. The number of amides is 1. The van der Waals surface area contributed by atoms with E-state index in [-0.39, 0.29) is 30.4 Å². The van der Waals surface area contributed by atoms with Gasteiger partial charge in [0.15, 0.2) is 6.61 Å². The van der Waals surface area contributed by atoms with E-state index in [2.05, 4.69) is 11.4 Å². The summed E-state index contributed by atoms with van der Waals surface area (Å²) in [5, 5.41) is 3.59. The molecule has 4 nitrogen and oxygen atoms in total. The van der Waals surface area contributed by atoms with E-state index in [0.717, 1.165) is 23.4 Å². The van der Waals surface area contributed by atoms with Crippen LogP contribution in [-0.4, -0.2) is 18.6 Å². The number of carbonyl (C=O) groups excluding carboxylic acids is 1. The fourth-order valence-corrected chi connectivity index (χ4v) is 3.81. The van der Waals surface area contributed by atoms with Crippen molar-refractivity contribution in [2.75, 3.05) is 16.8 Å². The number of rotatable bonds is 5. The first-order valence-electron chi connectivity index (χ1n) is 9.73. The smallest absolute Gasteiger partial charge is 0.265 e. The minimum absolute atomic E-state index is 0.00966. The number of nitrogens with zero attached hydrogens (tertiary/aromatic N) is 1. The summed E-state index contributed by atoms with van der Waals surface area (Å²) < 4.78 is 18.6. The number of nitrogens with one attached hydrogen (secondary N) is 1. The first-order chi connectivity index (χ1) is 14.1. The zero-order chi connectivity index (χ0) is 20.2. The van der Waals surface area contributed by atoms with Crippen LogP contribution in [0, 0.1) is 5.82 Å². The fourth-order valence-electron chi connectivity index (χ4n) is 3.81. The summed E-state index contributed by atoms with van der Waals surface area (Å²) in [7, 11) is 0. The summed E-state index contributed by atoms with van der Waals surface area (Å²) in [4.78, 5) is 14.8. The molecule has 0 saturated carbocycles. The van der Waals surface area contributed by atoms with Crippen LogP contribution in [0.2, 0.25) is 0 Å². The zero-order valence-electron chi connectivity index (χ0n) is 16.2. The van der Waals surface area contributed by atoms with Crippen LogP contribution < -0.4 is 15.0 Å². The number of benzene rings is 3. The van der Waals surface area contributed by atoms with E-state index in [0.29, 0.717) is 5.75 Å². The van der Waals surface area contributed by atoms with Gasteiger partial charge in [-0.3, -0.25) is 4.79 Å². The second-order valence-electron chi connectivity index (χ2n) is 7.21. The molecule has 0 unspecified atom stereocenters. The molecule has 148 valence electrons. The Kier molecular flexibility index (Phi) is 5.47. The highest BCUT2D eigenvalue weighted by atomic mass is 19.1. The third-order valence-corrected chi connectivity index (χ3v) is 5.15. The minimum atomic E-state index is -0.334. The van der Waals surface area contributed by atoms with Crippen LogP contribution in [0.5, 0.6) is 5.75 Å². The number of fused-ring (bicyclic) bond motifs is 1. The number of hydrogen-bond acceptors (Lipinski definition) is 3. The van der Waals surface area contributed by atoms with Crippen molar-refractivity contribution in [3.05, 3.63) is 90.2 Å². The van der Waals surface area contributed by atoms with E-state index < -0.39 is 0 Å². The summed E-state index contributed by atoms with van der Waals surface area (Å²) >= 11 is 0. The van der Waals surface area contributed by atoms with E-state index in [1.165, 1.54) is 24.3 Å². The Morgan fingerprint density at radius 2 is 1.72 bits per heavy atom. The van der Waals surface area contributed by atoms with Crippen molar-refractivity contribution < 1.29 is 13.9 Å². The highest BCUT2D eigenvalue weighted by molar-refractivity contribution is 5.96. The summed E-state index contributed by atoms with van der Waals surface area (Å²) in [5.41, 5.74) is 3.04. The van der Waals surface area contributed by atoms with E-state index in [9.17, 15) is 9.18 Å². The van der Waals surface area contributed by atoms with Crippen molar-refractivity contribution in [1.29, 1.82) is 0 Å². The van der Waals surface area contributed by atoms with Gasteiger partial charge in [0.25, 0.3) is 5.91 Å². The van der Waals surface area contributed by atoms with Gasteiger partial charge in [-0.05, 0) is 61.4 Å². The Hall–Kier alpha value is -3.34. The molecule has 0 saturated heterocycles. The van der Waals surface area contributed by atoms with Crippen molar-refractivity contribution in [2.45, 2.75) is 25.4 Å². The van der Waals surface area contributed by atoms with E-state index in [4.69, 9.17) is 4.74 Å². The Labute approximate surface area is 169 Å². The lowest BCUT2D eigenvalue weighted by Gasteiger charge is -2.40. The van der Waals surface area contributed by atoms with E-state index >= 15 is 0 Å². The van der Waals surface area contributed by atoms with Gasteiger partial charge in [-0.2, -0.15) is 0 Å². The van der Waals surface area contributed by atoms with Crippen molar-refractivity contribution in [1.82, 2.24) is 0 Å². The number of ether oxygens (including phenoxy) is 1. The third-order valence-electron chi connectivity index (χ3n) is 5.15. The molecule has 1 amide bonds. The van der Waals surface area contributed by atoms with Gasteiger partial charge in [-0.1, -0.05) is 36.4 Å². The zero-order valence-corrected chi connectivity index (χ0v) is 16.2. The largest absolute Gasteiger partial charge is 0.484 e. The van der Waals surface area contributed by atoms with E-state index in [1.807, 2.05) is 60.4 Å². The molecule has 0 aliphatic carbocycles. The molecule has 2 atom stereocenters. The van der Waals surface area contributed by atoms with Crippen molar-refractivity contribution in [3.63, 3.8) is 0 Å². The fraction of sp³-hybridized carbons (Fsp3) is 0.208. The van der Waals surface area contributed by atoms with Gasteiger partial charge >= 0.3 is 0 Å². The van der Waals surface area contributed by atoms with Gasteiger partial charge in [0.2, 0.25) is 0 Å². The molecule has 0 aromatic heterocycles. The van der Waals surface area contributed by atoms with Gasteiger partial charge in [-0.15, -0.1) is 0 Å². The molecule has 3 aromatic rings. The maximum atomic E-state index is 13.0. The maximum Gasteiger partial charge on any atom is 0.265 e. The standard InChI is InChI=1S/C24H23FN2O2/c1-17-15-22(26-19-7-3-2-4-8-19)21-9-5-6-10-23(21)27(17)24(28)16-29-20-13-11-18(25)12-14-20/h2-14,17,22,26H,15-16H2,1H3/t17-,22+/m0/s1. The second kappa shape index (κ2) is 8.35. The van der Waals surface area contributed by atoms with Gasteiger partial charge in [0, 0.05) is 17.4 Å². The number of hydrogen-bond donors (Lipinski definition) is 1. The average Bonchev–Trinajstić information content (AvgIpc) is 2.74. The molecule has 5 heteroatoms. The SMILES string of the molecule is C[C@H]1C[C@@H](Nc2ccccc2)c2ccccc2N1C(=O)COc1ccc(F)cc1. The molecule has 1 aliphatic heterocycles. The monoisotopic (exact) mass is 390 g/mol. The predicted octanol–water partition coefficient (Wildman–Crippen LogP) is 5.18. The van der Waals surface area contributed by atoms with Crippen LogP contribution in [0.15, 0.2) is 78.9 Å². The summed E-state index contributed by atoms with van der Waals surface area (Å²) in [5.74, 6) is 0.0213. The van der Waals surface area contributed by atoms with Gasteiger partial charge in [-0.25, -0.2) is 4.39 Å². The van der Waals surface area contributed by atoms with Crippen molar-refractivity contribution in [3.8, 4) is 5.75 Å². The molecule has 1 heterocycles. The van der Waals surface area contributed by atoms with Gasteiger partial charge in [0.05, 0.1) is 6.04 Å². The molecule has 0 fully saturated rings. The molecule has 29 heavy (non-hydrogen) atoms. The molecule has 4 rings (SSSR count). The Balaban J connectivity index is 1.53. The lowest BCUT2D eigenvalue weighted by atomic mass is 9.91. The topological polar surface area (TPSA) is 41.6 Å². The lowest BCUT2D eigenvalue weighted by Crippen LogP contribution is -2.46. The average molecular weight is 390 g/mol. The summed E-state index contributed by atoms with van der Waals surface area (Å²) in [6.07, 6.45) is 0.786. The highest BCUT2D eigenvalue weighted by Crippen LogP contribution is 2.38. The summed E-state index contributed by atoms with van der Waals surface area (Å²) in [6.45, 7) is 1.95. The highest BCUT2D eigenvalue weighted by Gasteiger charge is 2.33. The molecular formula is C24H23FN2O2. The quantitative estimate of drug-likeness (QED) is 0.652. The normalized spacial score (nSPS) is 18.1. The Bertz CT molecular complexity index is 976.